The molecule has 3 N–H and O–H groups in total. The van der Waals surface area contributed by atoms with Crippen LogP contribution in [0.2, 0.25) is 0 Å². The molecule has 1 saturated heterocycles. The molecule has 1 amide bonds. The summed E-state index contributed by atoms with van der Waals surface area (Å²) >= 11 is 0. The molecule has 0 aliphatic carbocycles. The van der Waals surface area contributed by atoms with Crippen LogP contribution in [0.15, 0.2) is 0 Å². The van der Waals surface area contributed by atoms with E-state index in [0.29, 0.717) is 12.8 Å². The first-order chi connectivity index (χ1) is 8.23. The molecule has 1 aliphatic heterocycles. The molecule has 0 aromatic rings. The Hall–Kier alpha value is -0.660. The van der Waals surface area contributed by atoms with Crippen LogP contribution >= 0.6 is 0 Å². The van der Waals surface area contributed by atoms with Gasteiger partial charge in [0.15, 0.2) is 9.84 Å². The highest BCUT2D eigenvalue weighted by Gasteiger charge is 2.39. The molecule has 6 nitrogen and oxygen atoms in total. The van der Waals surface area contributed by atoms with E-state index in [2.05, 4.69) is 0 Å². The Kier molecular flexibility index (Phi) is 4.74. The Labute approximate surface area is 108 Å². The van der Waals surface area contributed by atoms with Crippen LogP contribution in [0.1, 0.15) is 26.7 Å². The number of amides is 1. The topological polar surface area (TPSA) is 101 Å². The number of nitrogens with zero attached hydrogens (tertiary/aromatic N) is 1. The third-order valence-electron chi connectivity index (χ3n) is 3.47. The zero-order chi connectivity index (χ0) is 14.0. The molecule has 0 radical (unpaired) electrons. The van der Waals surface area contributed by atoms with Gasteiger partial charge >= 0.3 is 0 Å². The molecule has 1 rings (SSSR count). The van der Waals surface area contributed by atoms with Crippen molar-refractivity contribution in [1.82, 2.24) is 4.90 Å². The molecular weight excluding hydrogens is 256 g/mol. The summed E-state index contributed by atoms with van der Waals surface area (Å²) in [5.41, 5.74) is 4.89. The molecule has 0 saturated carbocycles. The zero-order valence-corrected chi connectivity index (χ0v) is 11.7. The number of aliphatic hydroxyl groups excluding tert-OH is 1. The van der Waals surface area contributed by atoms with Crippen LogP contribution in [-0.4, -0.2) is 60.6 Å². The van der Waals surface area contributed by atoms with Crippen LogP contribution in [0.25, 0.3) is 0 Å². The van der Waals surface area contributed by atoms with E-state index >= 15 is 0 Å². The minimum Gasteiger partial charge on any atom is -0.395 e. The van der Waals surface area contributed by atoms with Crippen LogP contribution in [-0.2, 0) is 14.6 Å². The molecule has 1 aliphatic rings. The Morgan fingerprint density at radius 2 is 2.17 bits per heavy atom. The molecule has 0 aromatic heterocycles. The normalized spacial score (nSPS) is 25.7. The second-order valence-corrected chi connectivity index (χ2v) is 7.28. The first kappa shape index (κ1) is 15.4. The second kappa shape index (κ2) is 5.54. The zero-order valence-electron chi connectivity index (χ0n) is 10.9. The van der Waals surface area contributed by atoms with E-state index in [0.717, 1.165) is 0 Å². The van der Waals surface area contributed by atoms with Crippen molar-refractivity contribution in [2.75, 3.05) is 24.7 Å². The van der Waals surface area contributed by atoms with Crippen LogP contribution in [0.5, 0.6) is 0 Å². The Bertz CT molecular complexity index is 405. The summed E-state index contributed by atoms with van der Waals surface area (Å²) in [4.78, 5) is 13.7. The van der Waals surface area contributed by atoms with Gasteiger partial charge in [-0.05, 0) is 19.8 Å². The lowest BCUT2D eigenvalue weighted by molar-refractivity contribution is -0.139. The maximum Gasteiger partial charge on any atom is 0.242 e. The minimum atomic E-state index is -3.06. The van der Waals surface area contributed by atoms with Gasteiger partial charge in [0.05, 0.1) is 23.7 Å². The number of aliphatic hydroxyl groups is 1. The molecule has 1 heterocycles. The van der Waals surface area contributed by atoms with Crippen LogP contribution in [0, 0.1) is 0 Å². The molecule has 1 fully saturated rings. The summed E-state index contributed by atoms with van der Waals surface area (Å²) < 4.78 is 22.9. The highest BCUT2D eigenvalue weighted by Crippen LogP contribution is 2.21. The fourth-order valence-corrected chi connectivity index (χ4v) is 3.79. The highest BCUT2D eigenvalue weighted by atomic mass is 32.2. The van der Waals surface area contributed by atoms with E-state index in [1.165, 1.54) is 4.90 Å². The fourth-order valence-electron chi connectivity index (χ4n) is 2.06. The summed E-state index contributed by atoms with van der Waals surface area (Å²) in [5, 5.41) is 9.03. The number of hydrogen-bond acceptors (Lipinski definition) is 5. The number of sulfone groups is 1. The first-order valence-corrected chi connectivity index (χ1v) is 7.97. The Morgan fingerprint density at radius 3 is 2.56 bits per heavy atom. The third kappa shape index (κ3) is 3.43. The minimum absolute atomic E-state index is 0.0292. The standard InChI is InChI=1S/C11H22N2O4S/c1-3-11(2,12)10(15)13(5-6-14)9-4-7-18(16,17)8-9/h9,14H,3-8,12H2,1-2H3. The van der Waals surface area contributed by atoms with Crippen molar-refractivity contribution in [3.05, 3.63) is 0 Å². The molecule has 0 aromatic carbocycles. The van der Waals surface area contributed by atoms with Gasteiger partial charge in [-0.2, -0.15) is 0 Å². The second-order valence-electron chi connectivity index (χ2n) is 5.05. The Morgan fingerprint density at radius 1 is 1.56 bits per heavy atom. The van der Waals surface area contributed by atoms with Gasteiger partial charge in [-0.3, -0.25) is 4.79 Å². The van der Waals surface area contributed by atoms with Gasteiger partial charge in [0.25, 0.3) is 0 Å². The summed E-state index contributed by atoms with van der Waals surface area (Å²) in [7, 11) is -3.06. The predicted octanol–water partition coefficient (Wildman–Crippen LogP) is -0.878. The fraction of sp³-hybridized carbons (Fsp3) is 0.909. The number of nitrogens with two attached hydrogens (primary N) is 1. The van der Waals surface area contributed by atoms with E-state index in [9.17, 15) is 13.2 Å². The van der Waals surface area contributed by atoms with Gasteiger partial charge in [0, 0.05) is 12.6 Å². The molecule has 106 valence electrons. The molecule has 2 unspecified atom stereocenters. The smallest absolute Gasteiger partial charge is 0.242 e. The number of carbonyl (C=O) groups is 1. The van der Waals surface area contributed by atoms with Crippen molar-refractivity contribution in [1.29, 1.82) is 0 Å². The van der Waals surface area contributed by atoms with Gasteiger partial charge in [-0.25, -0.2) is 8.42 Å². The lowest BCUT2D eigenvalue weighted by atomic mass is 9.97. The van der Waals surface area contributed by atoms with Crippen molar-refractivity contribution in [2.24, 2.45) is 5.73 Å². The predicted molar refractivity (Wildman–Crippen MR) is 68.7 cm³/mol. The average molecular weight is 278 g/mol. The molecule has 7 heteroatoms. The summed E-state index contributed by atoms with van der Waals surface area (Å²) in [5.74, 6) is -0.222. The van der Waals surface area contributed by atoms with Crippen LogP contribution in [0.4, 0.5) is 0 Å². The van der Waals surface area contributed by atoms with E-state index in [1.54, 1.807) is 13.8 Å². The van der Waals surface area contributed by atoms with E-state index in [1.807, 2.05) is 0 Å². The number of rotatable bonds is 5. The van der Waals surface area contributed by atoms with Crippen molar-refractivity contribution in [3.8, 4) is 0 Å². The largest absolute Gasteiger partial charge is 0.395 e. The summed E-state index contributed by atoms with van der Waals surface area (Å²) in [6.07, 6.45) is 0.890. The maximum atomic E-state index is 12.3. The average Bonchev–Trinajstić information content (AvgIpc) is 2.65. The van der Waals surface area contributed by atoms with Gasteiger partial charge in [0.1, 0.15) is 0 Å². The van der Waals surface area contributed by atoms with Gasteiger partial charge in [-0.15, -0.1) is 0 Å². The lowest BCUT2D eigenvalue weighted by Crippen LogP contribution is -2.56. The van der Waals surface area contributed by atoms with Crippen molar-refractivity contribution in [2.45, 2.75) is 38.3 Å². The quantitative estimate of drug-likeness (QED) is 0.680. The molecule has 2 atom stereocenters. The molecule has 0 spiro atoms. The highest BCUT2D eigenvalue weighted by molar-refractivity contribution is 7.91. The first-order valence-electron chi connectivity index (χ1n) is 6.14. The van der Waals surface area contributed by atoms with Crippen LogP contribution < -0.4 is 5.73 Å². The third-order valence-corrected chi connectivity index (χ3v) is 5.22. The summed E-state index contributed by atoms with van der Waals surface area (Å²) in [6.45, 7) is 3.37. The van der Waals surface area contributed by atoms with Crippen molar-refractivity contribution in [3.63, 3.8) is 0 Å². The SMILES string of the molecule is CCC(C)(N)C(=O)N(CCO)C1CCS(=O)(=O)C1. The van der Waals surface area contributed by atoms with E-state index in [4.69, 9.17) is 10.8 Å². The number of hydrogen-bond donors (Lipinski definition) is 2. The van der Waals surface area contributed by atoms with Gasteiger partial charge < -0.3 is 15.7 Å². The van der Waals surface area contributed by atoms with Crippen molar-refractivity contribution < 1.29 is 18.3 Å². The number of carbonyl (C=O) groups excluding carboxylic acids is 1. The van der Waals surface area contributed by atoms with E-state index < -0.39 is 15.4 Å². The lowest BCUT2D eigenvalue weighted by Gasteiger charge is -2.34. The van der Waals surface area contributed by atoms with E-state index in [-0.39, 0.29) is 36.6 Å². The summed E-state index contributed by atoms with van der Waals surface area (Å²) in [6, 6.07) is -0.357. The van der Waals surface area contributed by atoms with Crippen LogP contribution in [0.3, 0.4) is 0 Å². The van der Waals surface area contributed by atoms with Gasteiger partial charge in [0.2, 0.25) is 5.91 Å². The maximum absolute atomic E-state index is 12.3. The van der Waals surface area contributed by atoms with Crippen molar-refractivity contribution >= 4 is 15.7 Å². The molecule has 18 heavy (non-hydrogen) atoms. The van der Waals surface area contributed by atoms with Gasteiger partial charge in [-0.1, -0.05) is 6.92 Å². The Balaban J connectivity index is 2.87. The molecular formula is C11H22N2O4S. The molecule has 0 bridgehead atoms. The monoisotopic (exact) mass is 278 g/mol.